The van der Waals surface area contributed by atoms with Crippen molar-refractivity contribution in [3.05, 3.63) is 57.1 Å². The molecule has 1 atom stereocenters. The Bertz CT molecular complexity index is 794. The maximum Gasteiger partial charge on any atom is 0.197 e. The minimum absolute atomic E-state index is 0.0652. The van der Waals surface area contributed by atoms with Crippen LogP contribution in [0.25, 0.3) is 0 Å². The van der Waals surface area contributed by atoms with Gasteiger partial charge in [-0.2, -0.15) is 0 Å². The van der Waals surface area contributed by atoms with Gasteiger partial charge >= 0.3 is 0 Å². The van der Waals surface area contributed by atoms with Crippen LogP contribution in [0.15, 0.2) is 51.5 Å². The summed E-state index contributed by atoms with van der Waals surface area (Å²) in [4.78, 5) is 13.0. The molecule has 24 heavy (non-hydrogen) atoms. The first-order chi connectivity index (χ1) is 11.2. The van der Waals surface area contributed by atoms with Crippen molar-refractivity contribution in [2.45, 2.75) is 32.6 Å². The van der Waals surface area contributed by atoms with E-state index in [2.05, 4.69) is 29.8 Å². The minimum atomic E-state index is -0.372. The molecular formula is C18H19BrN2O2S. The average Bonchev–Trinajstić information content (AvgIpc) is 2.44. The third-order valence-corrected chi connectivity index (χ3v) is 5.17. The molecule has 0 spiro atoms. The van der Waals surface area contributed by atoms with Crippen molar-refractivity contribution < 1.29 is 9.53 Å². The molecule has 4 N–H and O–H groups in total. The van der Waals surface area contributed by atoms with Crippen LogP contribution in [0.5, 0.6) is 0 Å². The molecule has 1 heterocycles. The number of carbonyl (C=O) groups excluding carboxylic acids is 1. The van der Waals surface area contributed by atoms with E-state index >= 15 is 0 Å². The van der Waals surface area contributed by atoms with Gasteiger partial charge < -0.3 is 16.2 Å². The molecule has 2 aliphatic rings. The summed E-state index contributed by atoms with van der Waals surface area (Å²) < 4.78 is 6.74. The SMILES string of the molecule is CC1(C)CC(=O)C2=C(C1)OC(N)=C(C(N)=S)[C@@H]2c1ccc(Br)cc1. The third kappa shape index (κ3) is 3.00. The van der Waals surface area contributed by atoms with Crippen molar-refractivity contribution in [1.82, 2.24) is 0 Å². The van der Waals surface area contributed by atoms with E-state index in [0.717, 1.165) is 10.0 Å². The molecule has 1 aromatic rings. The maximum absolute atomic E-state index is 12.9. The van der Waals surface area contributed by atoms with Crippen LogP contribution in [0.3, 0.4) is 0 Å². The molecule has 1 aromatic carbocycles. The number of ketones is 1. The molecule has 0 fully saturated rings. The number of thiocarbonyl (C=S) groups is 1. The number of halogens is 1. The Labute approximate surface area is 155 Å². The monoisotopic (exact) mass is 406 g/mol. The van der Waals surface area contributed by atoms with Crippen molar-refractivity contribution in [2.24, 2.45) is 16.9 Å². The third-order valence-electron chi connectivity index (χ3n) is 4.42. The lowest BCUT2D eigenvalue weighted by molar-refractivity contribution is -0.119. The van der Waals surface area contributed by atoms with Gasteiger partial charge in [0.1, 0.15) is 10.7 Å². The van der Waals surface area contributed by atoms with Crippen LogP contribution >= 0.6 is 28.1 Å². The van der Waals surface area contributed by atoms with Gasteiger partial charge in [0.2, 0.25) is 0 Å². The summed E-state index contributed by atoms with van der Waals surface area (Å²) in [6, 6.07) is 7.75. The summed E-state index contributed by atoms with van der Waals surface area (Å²) in [7, 11) is 0. The fraction of sp³-hybridized carbons (Fsp3) is 0.333. The topological polar surface area (TPSA) is 78.3 Å². The molecule has 0 unspecified atom stereocenters. The van der Waals surface area contributed by atoms with E-state index in [1.807, 2.05) is 24.3 Å². The Balaban J connectivity index is 2.19. The Kier molecular flexibility index (Phi) is 4.30. The Morgan fingerprint density at radius 3 is 2.50 bits per heavy atom. The molecule has 0 amide bonds. The first kappa shape index (κ1) is 17.2. The second-order valence-corrected chi connectivity index (χ2v) is 8.36. The van der Waals surface area contributed by atoms with Gasteiger partial charge in [-0.3, -0.25) is 4.79 Å². The van der Waals surface area contributed by atoms with Gasteiger partial charge in [-0.05, 0) is 23.1 Å². The number of ether oxygens (including phenoxy) is 1. The van der Waals surface area contributed by atoms with E-state index in [1.54, 1.807) is 0 Å². The van der Waals surface area contributed by atoms with Crippen LogP contribution in [0.2, 0.25) is 0 Å². The van der Waals surface area contributed by atoms with E-state index in [-0.39, 0.29) is 28.0 Å². The normalized spacial score (nSPS) is 23.0. The summed E-state index contributed by atoms with van der Waals surface area (Å²) in [5, 5.41) is 0. The van der Waals surface area contributed by atoms with E-state index in [1.165, 1.54) is 0 Å². The van der Waals surface area contributed by atoms with Crippen LogP contribution < -0.4 is 11.5 Å². The molecule has 1 aliphatic heterocycles. The van der Waals surface area contributed by atoms with Crippen molar-refractivity contribution in [3.63, 3.8) is 0 Å². The van der Waals surface area contributed by atoms with Gasteiger partial charge in [0.25, 0.3) is 0 Å². The van der Waals surface area contributed by atoms with E-state index in [0.29, 0.717) is 29.7 Å². The Hall–Kier alpha value is -1.66. The van der Waals surface area contributed by atoms with E-state index in [4.69, 9.17) is 28.4 Å². The highest BCUT2D eigenvalue weighted by atomic mass is 79.9. The number of nitrogens with two attached hydrogens (primary N) is 2. The number of benzene rings is 1. The second-order valence-electron chi connectivity index (χ2n) is 7.01. The fourth-order valence-corrected chi connectivity index (χ4v) is 3.90. The number of hydrogen-bond donors (Lipinski definition) is 2. The number of carbonyl (C=O) groups is 1. The first-order valence-electron chi connectivity index (χ1n) is 7.68. The van der Waals surface area contributed by atoms with E-state index < -0.39 is 0 Å². The predicted octanol–water partition coefficient (Wildman–Crippen LogP) is 3.66. The second kappa shape index (κ2) is 6.01. The molecule has 6 heteroatoms. The molecule has 0 aromatic heterocycles. The number of hydrogen-bond acceptors (Lipinski definition) is 4. The lowest BCUT2D eigenvalue weighted by atomic mass is 9.70. The molecule has 126 valence electrons. The number of Topliss-reactive ketones (excluding diaryl/α,β-unsaturated/α-hetero) is 1. The summed E-state index contributed by atoms with van der Waals surface area (Å²) in [6.45, 7) is 4.10. The van der Waals surface area contributed by atoms with Crippen molar-refractivity contribution in [1.29, 1.82) is 0 Å². The number of allylic oxidation sites excluding steroid dienone is 2. The molecule has 0 saturated carbocycles. The van der Waals surface area contributed by atoms with Crippen LogP contribution in [0.1, 0.15) is 38.2 Å². The van der Waals surface area contributed by atoms with Gasteiger partial charge in [0.15, 0.2) is 11.7 Å². The zero-order valence-electron chi connectivity index (χ0n) is 13.6. The van der Waals surface area contributed by atoms with Gasteiger partial charge in [-0.1, -0.05) is 54.1 Å². The van der Waals surface area contributed by atoms with E-state index in [9.17, 15) is 4.79 Å². The standard InChI is InChI=1S/C18H19BrN2O2S/c1-18(2)7-11(22)14-12(8-18)23-16(20)15(17(21)24)13(14)9-3-5-10(19)6-4-9/h3-6,13H,7-8,20H2,1-2H3,(H2,21,24)/t13-/m1/s1. The summed E-state index contributed by atoms with van der Waals surface area (Å²) in [6.07, 6.45) is 1.12. The zero-order valence-corrected chi connectivity index (χ0v) is 16.0. The average molecular weight is 407 g/mol. The minimum Gasteiger partial charge on any atom is -0.445 e. The first-order valence-corrected chi connectivity index (χ1v) is 8.89. The molecule has 1 aliphatic carbocycles. The van der Waals surface area contributed by atoms with Gasteiger partial charge in [-0.15, -0.1) is 0 Å². The van der Waals surface area contributed by atoms with Crippen molar-refractivity contribution >= 4 is 38.9 Å². The smallest absolute Gasteiger partial charge is 0.197 e. The molecule has 3 rings (SSSR count). The summed E-state index contributed by atoms with van der Waals surface area (Å²) >= 11 is 8.62. The quantitative estimate of drug-likeness (QED) is 0.732. The molecule has 0 saturated heterocycles. The lowest BCUT2D eigenvalue weighted by Crippen LogP contribution is -2.36. The van der Waals surface area contributed by atoms with Crippen LogP contribution in [0.4, 0.5) is 0 Å². The Morgan fingerprint density at radius 1 is 1.29 bits per heavy atom. The fourth-order valence-electron chi connectivity index (χ4n) is 3.42. The lowest BCUT2D eigenvalue weighted by Gasteiger charge is -2.38. The maximum atomic E-state index is 12.9. The summed E-state index contributed by atoms with van der Waals surface area (Å²) in [5.74, 6) is 0.528. The Morgan fingerprint density at radius 2 is 1.92 bits per heavy atom. The largest absolute Gasteiger partial charge is 0.445 e. The predicted molar refractivity (Wildman–Crippen MR) is 101 cm³/mol. The molecule has 0 bridgehead atoms. The van der Waals surface area contributed by atoms with Gasteiger partial charge in [-0.25, -0.2) is 0 Å². The summed E-state index contributed by atoms with van der Waals surface area (Å²) in [5.41, 5.74) is 13.9. The van der Waals surface area contributed by atoms with Crippen LogP contribution in [-0.2, 0) is 9.53 Å². The van der Waals surface area contributed by atoms with Crippen LogP contribution in [-0.4, -0.2) is 10.8 Å². The highest BCUT2D eigenvalue weighted by Crippen LogP contribution is 2.48. The number of rotatable bonds is 2. The highest BCUT2D eigenvalue weighted by molar-refractivity contribution is 9.10. The van der Waals surface area contributed by atoms with Gasteiger partial charge in [0, 0.05) is 28.8 Å². The van der Waals surface area contributed by atoms with Crippen molar-refractivity contribution in [3.8, 4) is 0 Å². The zero-order chi connectivity index (χ0) is 17.6. The molecule has 0 radical (unpaired) electrons. The highest BCUT2D eigenvalue weighted by Gasteiger charge is 2.43. The van der Waals surface area contributed by atoms with Gasteiger partial charge in [0.05, 0.1) is 5.57 Å². The van der Waals surface area contributed by atoms with Crippen LogP contribution in [0, 0.1) is 5.41 Å². The molecule has 4 nitrogen and oxygen atoms in total. The van der Waals surface area contributed by atoms with Crippen molar-refractivity contribution in [2.75, 3.05) is 0 Å². The molecular weight excluding hydrogens is 388 g/mol.